The molecular formula is C21H13BrCl2F2N3O2+. The molecule has 0 aliphatic carbocycles. The first kappa shape index (κ1) is 21.7. The van der Waals surface area contributed by atoms with Gasteiger partial charge in [0.2, 0.25) is 5.78 Å². The van der Waals surface area contributed by atoms with E-state index < -0.39 is 34.9 Å². The van der Waals surface area contributed by atoms with Crippen molar-refractivity contribution in [2.45, 2.75) is 6.04 Å². The highest BCUT2D eigenvalue weighted by Crippen LogP contribution is 2.39. The zero-order valence-electron chi connectivity index (χ0n) is 15.6. The molecular weight excluding hydrogens is 515 g/mol. The summed E-state index contributed by atoms with van der Waals surface area (Å²) in [5.74, 6) is -3.95. The normalized spacial score (nSPS) is 17.6. The fourth-order valence-electron chi connectivity index (χ4n) is 3.55. The average Bonchev–Trinajstić information content (AvgIpc) is 2.85. The Bertz CT molecular complexity index is 1220. The van der Waals surface area contributed by atoms with Crippen molar-refractivity contribution in [2.24, 2.45) is 0 Å². The number of carbonyl (C=O) groups excluding carboxylic acids is 2. The van der Waals surface area contributed by atoms with Crippen LogP contribution in [0.25, 0.3) is 0 Å². The van der Waals surface area contributed by atoms with Gasteiger partial charge in [-0.15, -0.1) is 0 Å². The molecule has 2 aliphatic rings. The van der Waals surface area contributed by atoms with Crippen LogP contribution in [0.3, 0.4) is 0 Å². The Hall–Kier alpha value is -2.55. The van der Waals surface area contributed by atoms with Crippen molar-refractivity contribution in [1.29, 1.82) is 0 Å². The van der Waals surface area contributed by atoms with Gasteiger partial charge in [-0.1, -0.05) is 29.3 Å². The lowest BCUT2D eigenvalue weighted by atomic mass is 9.87. The number of nitrogens with one attached hydrogen (secondary N) is 1. The summed E-state index contributed by atoms with van der Waals surface area (Å²) < 4.78 is 29.6. The second-order valence-electron chi connectivity index (χ2n) is 6.83. The number of nitrogens with zero attached hydrogens (tertiary/aromatic N) is 1. The molecule has 2 aromatic carbocycles. The summed E-state index contributed by atoms with van der Waals surface area (Å²) in [6.45, 7) is 0.257. The molecule has 1 amide bonds. The fraction of sp³-hybridized carbons (Fsp3) is 0.0952. The maximum absolute atomic E-state index is 14.6. The number of hydrogen-bond acceptors (Lipinski definition) is 3. The zero-order valence-corrected chi connectivity index (χ0v) is 18.7. The molecule has 31 heavy (non-hydrogen) atoms. The maximum Gasteiger partial charge on any atom is 0.262 e. The van der Waals surface area contributed by atoms with E-state index in [1.165, 1.54) is 12.1 Å². The van der Waals surface area contributed by atoms with Crippen molar-refractivity contribution in [1.82, 2.24) is 4.90 Å². The van der Waals surface area contributed by atoms with Crippen LogP contribution in [0, 0.1) is 11.6 Å². The van der Waals surface area contributed by atoms with Crippen LogP contribution in [-0.4, -0.2) is 35.4 Å². The molecule has 0 bridgehead atoms. The lowest BCUT2D eigenvalue weighted by molar-refractivity contribution is -0.456. The number of carbonyl (C=O) groups is 2. The van der Waals surface area contributed by atoms with E-state index in [1.54, 1.807) is 18.4 Å². The van der Waals surface area contributed by atoms with Crippen LogP contribution in [-0.2, 0) is 0 Å². The van der Waals surface area contributed by atoms with Gasteiger partial charge >= 0.3 is 0 Å². The number of fused-ring (bicyclic) bond motifs is 1. The van der Waals surface area contributed by atoms with Crippen molar-refractivity contribution in [3.05, 3.63) is 85.0 Å². The van der Waals surface area contributed by atoms with E-state index in [4.69, 9.17) is 28.9 Å². The van der Waals surface area contributed by atoms with E-state index in [0.717, 1.165) is 17.0 Å². The Kier molecular flexibility index (Phi) is 5.72. The van der Waals surface area contributed by atoms with Crippen molar-refractivity contribution in [3.63, 3.8) is 0 Å². The Morgan fingerprint density at radius 3 is 2.48 bits per heavy atom. The Balaban J connectivity index is 1.89. The minimum Gasteiger partial charge on any atom is -0.396 e. The number of ketones is 1. The van der Waals surface area contributed by atoms with Gasteiger partial charge < -0.3 is 5.73 Å². The lowest BCUT2D eigenvalue weighted by Gasteiger charge is -2.41. The van der Waals surface area contributed by atoms with E-state index in [-0.39, 0.29) is 33.5 Å². The number of halogens is 5. The van der Waals surface area contributed by atoms with Crippen LogP contribution >= 0.6 is 39.1 Å². The molecule has 2 heterocycles. The number of rotatable bonds is 3. The monoisotopic (exact) mass is 526 g/mol. The standard InChI is InChI=1S/C21H12BrCl2F2N3O2/c22-9-6-10-15(8-28-7-9)29(21(31)16-11(23)2-1-3-12(16)24)19(10)20(30)17-13(25)4-5-14(27)18(17)26/h1-7,15H,8,27H2/p+1. The van der Waals surface area contributed by atoms with Crippen LogP contribution in [0.2, 0.25) is 10.0 Å². The third-order valence-corrected chi connectivity index (χ3v) is 6.08. The molecule has 0 radical (unpaired) electrons. The minimum absolute atomic E-state index is 0.0139. The molecule has 0 fully saturated rings. The van der Waals surface area contributed by atoms with Gasteiger partial charge in [0.25, 0.3) is 5.91 Å². The Morgan fingerprint density at radius 1 is 1.13 bits per heavy atom. The predicted octanol–water partition coefficient (Wildman–Crippen LogP) is 3.26. The molecule has 5 nitrogen and oxygen atoms in total. The summed E-state index contributed by atoms with van der Waals surface area (Å²) in [6.07, 6.45) is 3.25. The highest BCUT2D eigenvalue weighted by molar-refractivity contribution is 9.12. The van der Waals surface area contributed by atoms with Crippen molar-refractivity contribution >= 4 is 62.7 Å². The van der Waals surface area contributed by atoms with Crippen LogP contribution in [0.1, 0.15) is 20.7 Å². The van der Waals surface area contributed by atoms with Gasteiger partial charge in [0.1, 0.15) is 11.9 Å². The number of amides is 1. The van der Waals surface area contributed by atoms with Gasteiger partial charge in [-0.05, 0) is 46.3 Å². The van der Waals surface area contributed by atoms with E-state index in [0.29, 0.717) is 10.1 Å². The van der Waals surface area contributed by atoms with E-state index in [9.17, 15) is 18.4 Å². The number of allylic oxidation sites excluding steroid dienone is 2. The molecule has 10 heteroatoms. The third-order valence-electron chi connectivity index (χ3n) is 4.99. The molecule has 0 spiro atoms. The quantitative estimate of drug-likeness (QED) is 0.475. The Labute approximate surface area is 194 Å². The molecule has 0 saturated heterocycles. The largest absolute Gasteiger partial charge is 0.396 e. The lowest BCUT2D eigenvalue weighted by Crippen LogP contribution is -2.75. The zero-order chi connectivity index (χ0) is 22.4. The highest BCUT2D eigenvalue weighted by atomic mass is 79.9. The van der Waals surface area contributed by atoms with Gasteiger partial charge in [-0.3, -0.25) is 14.5 Å². The van der Waals surface area contributed by atoms with Gasteiger partial charge in [0.05, 0.1) is 37.0 Å². The number of anilines is 1. The number of Topliss-reactive ketones (excluding diaryl/α,β-unsaturated/α-hetero) is 1. The first-order valence-corrected chi connectivity index (χ1v) is 10.5. The van der Waals surface area contributed by atoms with Crippen LogP contribution in [0.4, 0.5) is 14.5 Å². The number of nitrogens with two attached hydrogens (primary N) is 1. The molecule has 158 valence electrons. The first-order chi connectivity index (χ1) is 14.7. The van der Waals surface area contributed by atoms with E-state index >= 15 is 0 Å². The van der Waals surface area contributed by atoms with Crippen molar-refractivity contribution in [2.75, 3.05) is 12.3 Å². The summed E-state index contributed by atoms with van der Waals surface area (Å²) in [6, 6.07) is 5.88. The maximum atomic E-state index is 14.6. The second kappa shape index (κ2) is 8.18. The molecule has 1 unspecified atom stereocenters. The smallest absolute Gasteiger partial charge is 0.262 e. The van der Waals surface area contributed by atoms with Crippen LogP contribution in [0.15, 0.2) is 52.2 Å². The second-order valence-corrected chi connectivity index (χ2v) is 8.56. The molecule has 3 N–H and O–H groups in total. The number of nitrogen functional groups attached to an aromatic ring is 1. The molecule has 0 saturated carbocycles. The molecule has 4 rings (SSSR count). The van der Waals surface area contributed by atoms with Crippen LogP contribution in [0.5, 0.6) is 0 Å². The summed E-state index contributed by atoms with van der Waals surface area (Å²) in [4.78, 5) is 30.8. The Morgan fingerprint density at radius 2 is 1.81 bits per heavy atom. The number of hydrogen-bond donors (Lipinski definition) is 2. The summed E-state index contributed by atoms with van der Waals surface area (Å²) in [7, 11) is 0. The van der Waals surface area contributed by atoms with Gasteiger partial charge in [-0.2, -0.15) is 0 Å². The van der Waals surface area contributed by atoms with Gasteiger partial charge in [-0.25, -0.2) is 13.8 Å². The number of benzene rings is 2. The molecule has 2 aromatic rings. The first-order valence-electron chi connectivity index (χ1n) is 8.96. The van der Waals surface area contributed by atoms with Gasteiger partial charge in [0, 0.05) is 5.57 Å². The minimum atomic E-state index is -1.19. The van der Waals surface area contributed by atoms with Crippen molar-refractivity contribution < 1.29 is 23.4 Å². The third kappa shape index (κ3) is 3.58. The van der Waals surface area contributed by atoms with E-state index in [1.807, 2.05) is 0 Å². The highest BCUT2D eigenvalue weighted by Gasteiger charge is 2.48. The van der Waals surface area contributed by atoms with E-state index in [2.05, 4.69) is 20.9 Å². The average molecular weight is 528 g/mol. The van der Waals surface area contributed by atoms with Crippen LogP contribution < -0.4 is 10.7 Å². The van der Waals surface area contributed by atoms with Crippen molar-refractivity contribution in [3.8, 4) is 0 Å². The predicted molar refractivity (Wildman–Crippen MR) is 117 cm³/mol. The molecule has 0 aromatic heterocycles. The SMILES string of the molecule is Nc1ccc(F)c(C(=O)C2=C3C=C(Br)C=[NH+]CC3N2C(=O)c2c(Cl)cccc2Cl)c1F. The fourth-order valence-corrected chi connectivity index (χ4v) is 4.52. The molecule has 2 aliphatic heterocycles. The topological polar surface area (TPSA) is 77.4 Å². The summed E-state index contributed by atoms with van der Waals surface area (Å²) in [5, 5.41) is 0.174. The molecule has 1 atom stereocenters. The summed E-state index contributed by atoms with van der Waals surface area (Å²) >= 11 is 15.7. The summed E-state index contributed by atoms with van der Waals surface area (Å²) in [5.41, 5.74) is 4.54. The van der Waals surface area contributed by atoms with Gasteiger partial charge in [0.15, 0.2) is 18.6 Å².